The molecule has 4 heteroatoms. The van der Waals surface area contributed by atoms with Crippen molar-refractivity contribution in [2.45, 2.75) is 0 Å². The number of rotatable bonds is 0. The third-order valence-electron chi connectivity index (χ3n) is 0.0527. The molecule has 0 aliphatic carbocycles. The molecule has 24 valence electrons. The maximum Gasteiger partial charge on any atom is 0.187 e. The van der Waals surface area contributed by atoms with E-state index in [4.69, 9.17) is 9.97 Å². The van der Waals surface area contributed by atoms with Crippen molar-refractivity contribution in [3.8, 4) is 5.97 Å². The minimum atomic E-state index is 0. The Hall–Kier alpha value is -0.113. The van der Waals surface area contributed by atoms with Gasteiger partial charge in [-0.1, -0.05) is 0 Å². The third kappa shape index (κ3) is 17.6. The van der Waals surface area contributed by atoms with Crippen molar-refractivity contribution >= 4 is 24.5 Å². The number of nitrogens with zero attached hydrogens (tertiary/aromatic N) is 1. The molecule has 0 unspecified atom stereocenters. The third-order valence-corrected chi connectivity index (χ3v) is 0.0527. The first-order valence-corrected chi connectivity index (χ1v) is 0.748. The van der Waals surface area contributed by atoms with Crippen LogP contribution in [0.15, 0.2) is 0 Å². The Labute approximate surface area is 41.2 Å². The molecule has 0 spiro atoms. The fourth-order valence-electron chi connectivity index (χ4n) is 0. The van der Waals surface area contributed by atoms with Crippen LogP contribution in [-0.4, -0.2) is 24.5 Å². The maximum absolute atomic E-state index is 8.81. The Morgan fingerprint density at radius 3 is 2.00 bits per heavy atom. The van der Waals surface area contributed by atoms with Gasteiger partial charge in [0.1, 0.15) is 0 Å². The van der Waals surface area contributed by atoms with Gasteiger partial charge in [-0.2, -0.15) is 0 Å². The Morgan fingerprint density at radius 1 is 1.80 bits per heavy atom. The molecule has 0 heterocycles. The summed E-state index contributed by atoms with van der Waals surface area (Å²) >= 11 is 0. The summed E-state index contributed by atoms with van der Waals surface area (Å²) in [6, 6.07) is 0. The SMILES string of the molecule is N#CB=O.[AlH3]. The summed E-state index contributed by atoms with van der Waals surface area (Å²) in [6.45, 7) is 0. The summed E-state index contributed by atoms with van der Waals surface area (Å²) in [4.78, 5) is 0. The zero-order chi connectivity index (χ0) is 3.41. The molecular weight excluding hydrogens is 79.8 g/mol. The second kappa shape index (κ2) is 9.10. The first-order valence-electron chi connectivity index (χ1n) is 0.748. The van der Waals surface area contributed by atoms with Crippen LogP contribution in [0.3, 0.4) is 0 Å². The van der Waals surface area contributed by atoms with E-state index >= 15 is 0 Å². The fourth-order valence-corrected chi connectivity index (χ4v) is 0. The standard InChI is InChI=1S/CBNO.Al.3H/c3-1-2-4;;;;. The van der Waals surface area contributed by atoms with Crippen molar-refractivity contribution in [1.82, 2.24) is 0 Å². The second-order valence-electron chi connectivity index (χ2n) is 0.247. The van der Waals surface area contributed by atoms with Crippen LogP contribution >= 0.6 is 0 Å². The fraction of sp³-hybridized carbons (Fsp3) is 0. The first kappa shape index (κ1) is 8.86. The monoisotopic (exact) mass is 83.0 g/mol. The van der Waals surface area contributed by atoms with Crippen molar-refractivity contribution in [3.63, 3.8) is 0 Å². The van der Waals surface area contributed by atoms with E-state index in [-0.39, 0.29) is 24.5 Å². The van der Waals surface area contributed by atoms with Gasteiger partial charge in [0.15, 0.2) is 17.4 Å². The predicted molar refractivity (Wildman–Crippen MR) is 22.0 cm³/mol. The maximum atomic E-state index is 8.81. The average molecular weight is 82.8 g/mol. The van der Waals surface area contributed by atoms with Gasteiger partial charge in [0.2, 0.25) is 0 Å². The van der Waals surface area contributed by atoms with E-state index in [9.17, 15) is 0 Å². The van der Waals surface area contributed by atoms with Crippen LogP contribution in [0, 0.1) is 11.2 Å². The van der Waals surface area contributed by atoms with Crippen LogP contribution < -0.4 is 0 Å². The van der Waals surface area contributed by atoms with Crippen molar-refractivity contribution < 1.29 is 4.70 Å². The van der Waals surface area contributed by atoms with Gasteiger partial charge in [0.25, 0.3) is 0 Å². The van der Waals surface area contributed by atoms with E-state index < -0.39 is 0 Å². The van der Waals surface area contributed by atoms with Gasteiger partial charge in [0, 0.05) is 0 Å². The van der Waals surface area contributed by atoms with Crippen LogP contribution in [0.4, 0.5) is 0 Å². The second-order valence-corrected chi connectivity index (χ2v) is 0.247. The number of hydrogen-bond acceptors (Lipinski definition) is 2. The molecule has 0 aliphatic heterocycles. The Morgan fingerprint density at radius 2 is 2.00 bits per heavy atom. The molecule has 0 N–H and O–H groups in total. The van der Waals surface area contributed by atoms with Crippen LogP contribution in [-0.2, 0) is 4.70 Å². The van der Waals surface area contributed by atoms with E-state index in [1.165, 1.54) is 5.97 Å². The topological polar surface area (TPSA) is 40.9 Å². The largest absolute Gasteiger partial charge is 0.187 e. The molecule has 0 aromatic carbocycles. The molecule has 0 amide bonds. The number of hydrogen-bond donors (Lipinski definition) is 0. The van der Waals surface area contributed by atoms with E-state index in [0.717, 1.165) is 0 Å². The van der Waals surface area contributed by atoms with Crippen LogP contribution in [0.5, 0.6) is 0 Å². The van der Waals surface area contributed by atoms with Crippen molar-refractivity contribution in [2.24, 2.45) is 0 Å². The Kier molecular flexibility index (Phi) is 16.1. The molecule has 5 heavy (non-hydrogen) atoms. The molecular formula is CH3AlBNO. The van der Waals surface area contributed by atoms with Crippen LogP contribution in [0.2, 0.25) is 0 Å². The summed E-state index contributed by atoms with van der Waals surface area (Å²) in [6.07, 6.45) is 0. The Bertz CT molecular complexity index is 57.2. The van der Waals surface area contributed by atoms with Gasteiger partial charge in [-0.15, -0.1) is 0 Å². The molecule has 0 aliphatic rings. The van der Waals surface area contributed by atoms with Gasteiger partial charge < -0.3 is 0 Å². The summed E-state index contributed by atoms with van der Waals surface area (Å²) in [7, 11) is 0.181. The zero-order valence-electron chi connectivity index (χ0n) is 1.93. The number of nitriles is 1. The van der Waals surface area contributed by atoms with E-state index in [1.807, 2.05) is 0 Å². The van der Waals surface area contributed by atoms with Gasteiger partial charge in [0.05, 0.1) is 0 Å². The molecule has 0 bridgehead atoms. The van der Waals surface area contributed by atoms with Gasteiger partial charge in [-0.3, -0.25) is 0 Å². The van der Waals surface area contributed by atoms with Crippen LogP contribution in [0.25, 0.3) is 0 Å². The van der Waals surface area contributed by atoms with E-state index in [1.54, 1.807) is 0 Å². The van der Waals surface area contributed by atoms with Crippen molar-refractivity contribution in [1.29, 1.82) is 5.26 Å². The van der Waals surface area contributed by atoms with Crippen LogP contribution in [0.1, 0.15) is 0 Å². The molecule has 0 aromatic heterocycles. The zero-order valence-corrected chi connectivity index (χ0v) is 1.93. The first-order chi connectivity index (χ1) is 1.91. The quantitative estimate of drug-likeness (QED) is 0.328. The Balaban J connectivity index is 0. The van der Waals surface area contributed by atoms with Gasteiger partial charge >= 0.3 is 23.1 Å². The molecule has 0 atom stereocenters. The minimum absolute atomic E-state index is 0. The molecule has 2 nitrogen and oxygen atoms in total. The molecule has 0 aromatic rings. The molecule has 0 fully saturated rings. The van der Waals surface area contributed by atoms with E-state index in [0.29, 0.717) is 0 Å². The molecule has 0 saturated carbocycles. The summed E-state index contributed by atoms with van der Waals surface area (Å²) in [5, 5.41) is 7.26. The van der Waals surface area contributed by atoms with Crippen molar-refractivity contribution in [3.05, 3.63) is 0 Å². The smallest absolute Gasteiger partial charge is 0.187 e. The summed E-state index contributed by atoms with van der Waals surface area (Å²) in [5.74, 6) is 1.25. The minimum Gasteiger partial charge on any atom is 0.187 e. The normalized spacial score (nSPS) is 2.20. The molecule has 0 radical (unpaired) electrons. The van der Waals surface area contributed by atoms with E-state index in [2.05, 4.69) is 0 Å². The van der Waals surface area contributed by atoms with Gasteiger partial charge in [-0.25, -0.2) is 0 Å². The summed E-state index contributed by atoms with van der Waals surface area (Å²) in [5.41, 5.74) is 0. The predicted octanol–water partition coefficient (Wildman–Crippen LogP) is -1.67. The average Bonchev–Trinajstić information content (AvgIpc) is 1.37. The molecule has 0 rings (SSSR count). The van der Waals surface area contributed by atoms with Crippen molar-refractivity contribution in [2.75, 3.05) is 0 Å². The molecule has 0 saturated heterocycles. The van der Waals surface area contributed by atoms with Gasteiger partial charge in [-0.05, 0) is 0 Å². The summed E-state index contributed by atoms with van der Waals surface area (Å²) < 4.78 is 8.81.